The summed E-state index contributed by atoms with van der Waals surface area (Å²) in [5, 5.41) is 0.816. The monoisotopic (exact) mass is 355 g/mol. The number of hydrogen-bond acceptors (Lipinski definition) is 4. The molecule has 0 aliphatic heterocycles. The lowest BCUT2D eigenvalue weighted by atomic mass is 10.1. The van der Waals surface area contributed by atoms with Gasteiger partial charge in [0, 0.05) is 5.39 Å². The Labute approximate surface area is 129 Å². The Morgan fingerprint density at radius 2 is 1.75 bits per heavy atom. The molecule has 0 saturated carbocycles. The van der Waals surface area contributed by atoms with E-state index in [0.717, 1.165) is 13.2 Å². The zero-order valence-corrected chi connectivity index (χ0v) is 11.6. The summed E-state index contributed by atoms with van der Waals surface area (Å²) in [6.45, 7) is 0. The van der Waals surface area contributed by atoms with Crippen molar-refractivity contribution in [1.29, 1.82) is 0 Å². The minimum absolute atomic E-state index is 0.333. The molecule has 1 N–H and O–H groups in total. The molecule has 0 atom stereocenters. The number of benzene rings is 1. The zero-order chi connectivity index (χ0) is 18.3. The molecule has 0 spiro atoms. The molecule has 130 valence electrons. The van der Waals surface area contributed by atoms with Gasteiger partial charge in [0.2, 0.25) is 5.76 Å². The van der Waals surface area contributed by atoms with Gasteiger partial charge in [-0.1, -0.05) is 0 Å². The topological polar surface area (TPSA) is 68.5 Å². The molecule has 2 aromatic rings. The van der Waals surface area contributed by atoms with Crippen LogP contribution in [0.5, 0.6) is 0 Å². The van der Waals surface area contributed by atoms with Crippen LogP contribution in [0, 0.1) is 0 Å². The number of anilines is 1. The van der Waals surface area contributed by atoms with Gasteiger partial charge in [-0.05, 0) is 18.2 Å². The number of furan rings is 1. The first-order valence-corrected chi connectivity index (χ1v) is 6.05. The lowest BCUT2D eigenvalue weighted by Gasteiger charge is -2.09. The third-order valence-electron chi connectivity index (χ3n) is 2.88. The van der Waals surface area contributed by atoms with Crippen molar-refractivity contribution >= 4 is 28.5 Å². The van der Waals surface area contributed by atoms with Crippen LogP contribution >= 0.6 is 0 Å². The Hall–Kier alpha value is -2.72. The molecule has 1 heterocycles. The van der Waals surface area contributed by atoms with Crippen LogP contribution in [0.25, 0.3) is 11.0 Å². The number of hydrogen-bond donors (Lipinski definition) is 1. The smallest absolute Gasteiger partial charge is 0.463 e. The fraction of sp³-hybridized carbons (Fsp3) is 0.231. The molecule has 11 heteroatoms. The maximum absolute atomic E-state index is 12.7. The quantitative estimate of drug-likeness (QED) is 0.658. The largest absolute Gasteiger partial charge is 0.471 e. The summed E-state index contributed by atoms with van der Waals surface area (Å²) in [7, 11) is 0.881. The normalized spacial score (nSPS) is 12.3. The fourth-order valence-corrected chi connectivity index (χ4v) is 1.82. The molecule has 2 rings (SSSR count). The Morgan fingerprint density at radius 1 is 1.12 bits per heavy atom. The van der Waals surface area contributed by atoms with Crippen molar-refractivity contribution in [3.63, 3.8) is 0 Å². The average molecular weight is 355 g/mol. The minimum atomic E-state index is -5.32. The Morgan fingerprint density at radius 3 is 2.25 bits per heavy atom. The van der Waals surface area contributed by atoms with Crippen molar-refractivity contribution in [2.24, 2.45) is 0 Å². The number of alkyl halides is 6. The van der Waals surface area contributed by atoms with Crippen LogP contribution in [0.4, 0.5) is 32.0 Å². The van der Waals surface area contributed by atoms with Crippen LogP contribution in [-0.2, 0) is 15.7 Å². The summed E-state index contributed by atoms with van der Waals surface area (Å²) in [6.07, 6.45) is -10.1. The number of methoxy groups -OCH3 is 1. The third kappa shape index (κ3) is 3.29. The Balaban J connectivity index is 2.66. The second-order valence-electron chi connectivity index (χ2n) is 4.46. The first-order chi connectivity index (χ1) is 10.9. The first kappa shape index (κ1) is 17.6. The van der Waals surface area contributed by atoms with E-state index in [9.17, 15) is 35.9 Å². The number of carbonyl (C=O) groups excluding carboxylic acids is 2. The summed E-state index contributed by atoms with van der Waals surface area (Å²) in [6, 6.07) is 1.88. The van der Waals surface area contributed by atoms with E-state index in [1.807, 2.05) is 0 Å². The number of ether oxygens (including phenoxy) is 1. The van der Waals surface area contributed by atoms with Gasteiger partial charge in [0.05, 0.1) is 12.7 Å². The van der Waals surface area contributed by atoms with Crippen molar-refractivity contribution in [1.82, 2.24) is 0 Å². The van der Waals surface area contributed by atoms with Crippen LogP contribution in [-0.4, -0.2) is 25.2 Å². The van der Waals surface area contributed by atoms with E-state index in [-0.39, 0.29) is 5.58 Å². The Bertz CT molecular complexity index is 805. The lowest BCUT2D eigenvalue weighted by molar-refractivity contribution is -0.167. The molecule has 0 saturated heterocycles. The van der Waals surface area contributed by atoms with Gasteiger partial charge in [-0.2, -0.15) is 26.3 Å². The molecule has 0 aliphatic rings. The van der Waals surface area contributed by atoms with E-state index in [1.165, 1.54) is 5.32 Å². The van der Waals surface area contributed by atoms with E-state index in [0.29, 0.717) is 12.1 Å². The Kier molecular flexibility index (Phi) is 4.21. The van der Waals surface area contributed by atoms with Crippen molar-refractivity contribution in [2.45, 2.75) is 12.4 Å². The molecular formula is C13H7F6NO4. The maximum Gasteiger partial charge on any atom is 0.471 e. The minimum Gasteiger partial charge on any atom is -0.463 e. The van der Waals surface area contributed by atoms with Crippen LogP contribution in [0.15, 0.2) is 22.6 Å². The predicted octanol–water partition coefficient (Wildman–Crippen LogP) is 3.74. The molecule has 1 aromatic carbocycles. The van der Waals surface area contributed by atoms with E-state index < -0.39 is 46.6 Å². The van der Waals surface area contributed by atoms with E-state index >= 15 is 0 Å². The molecular weight excluding hydrogens is 348 g/mol. The van der Waals surface area contributed by atoms with Gasteiger partial charge in [0.25, 0.3) is 0 Å². The molecule has 1 aromatic heterocycles. The summed E-state index contributed by atoms with van der Waals surface area (Å²) in [5.74, 6) is -4.60. The van der Waals surface area contributed by atoms with E-state index in [4.69, 9.17) is 4.42 Å². The number of fused-ring (bicyclic) bond motifs is 1. The summed E-state index contributed by atoms with van der Waals surface area (Å²) in [4.78, 5) is 22.6. The highest BCUT2D eigenvalue weighted by molar-refractivity contribution is 6.10. The van der Waals surface area contributed by atoms with Gasteiger partial charge in [-0.25, -0.2) is 4.79 Å². The van der Waals surface area contributed by atoms with E-state index in [2.05, 4.69) is 4.74 Å². The molecule has 0 fully saturated rings. The van der Waals surface area contributed by atoms with Crippen molar-refractivity contribution in [2.75, 3.05) is 12.4 Å². The highest BCUT2D eigenvalue weighted by Crippen LogP contribution is 2.37. The van der Waals surface area contributed by atoms with Crippen LogP contribution < -0.4 is 5.32 Å². The van der Waals surface area contributed by atoms with Crippen LogP contribution in [0.3, 0.4) is 0 Å². The molecule has 24 heavy (non-hydrogen) atoms. The van der Waals surface area contributed by atoms with Gasteiger partial charge >= 0.3 is 24.2 Å². The molecule has 0 unspecified atom stereocenters. The van der Waals surface area contributed by atoms with Gasteiger partial charge < -0.3 is 14.5 Å². The van der Waals surface area contributed by atoms with Crippen molar-refractivity contribution in [3.05, 3.63) is 29.5 Å². The van der Waals surface area contributed by atoms with Gasteiger partial charge in [-0.3, -0.25) is 4.79 Å². The van der Waals surface area contributed by atoms with Crippen molar-refractivity contribution < 1.29 is 45.1 Å². The highest BCUT2D eigenvalue weighted by atomic mass is 19.4. The van der Waals surface area contributed by atoms with Crippen molar-refractivity contribution in [3.8, 4) is 0 Å². The predicted molar refractivity (Wildman–Crippen MR) is 67.2 cm³/mol. The number of halogens is 6. The second kappa shape index (κ2) is 5.73. The SMILES string of the molecule is COC(=O)c1oc2ccc(C(F)(F)F)cc2c1NC(=O)C(F)(F)F. The molecule has 5 nitrogen and oxygen atoms in total. The number of amides is 1. The first-order valence-electron chi connectivity index (χ1n) is 6.05. The fourth-order valence-electron chi connectivity index (χ4n) is 1.82. The summed E-state index contributed by atoms with van der Waals surface area (Å²) < 4.78 is 84.6. The van der Waals surface area contributed by atoms with Gasteiger partial charge in [0.1, 0.15) is 11.3 Å². The second-order valence-corrected chi connectivity index (χ2v) is 4.46. The molecule has 0 aliphatic carbocycles. The standard InChI is InChI=1S/C13H7F6NO4/c1-23-10(21)9-8(20-11(22)13(17,18)19)6-4-5(12(14,15)16)2-3-7(6)24-9/h2-4H,1H3,(H,20,22). The number of rotatable bonds is 2. The summed E-state index contributed by atoms with van der Waals surface area (Å²) >= 11 is 0. The molecule has 0 bridgehead atoms. The van der Waals surface area contributed by atoms with Crippen LogP contribution in [0.1, 0.15) is 16.1 Å². The van der Waals surface area contributed by atoms with E-state index in [1.54, 1.807) is 0 Å². The third-order valence-corrected chi connectivity index (χ3v) is 2.88. The number of esters is 1. The number of nitrogens with one attached hydrogen (secondary N) is 1. The van der Waals surface area contributed by atoms with Gasteiger partial charge in [-0.15, -0.1) is 0 Å². The van der Waals surface area contributed by atoms with Crippen LogP contribution in [0.2, 0.25) is 0 Å². The molecule has 1 amide bonds. The van der Waals surface area contributed by atoms with Gasteiger partial charge in [0.15, 0.2) is 0 Å². The highest BCUT2D eigenvalue weighted by Gasteiger charge is 2.40. The summed E-state index contributed by atoms with van der Waals surface area (Å²) in [5.41, 5.74) is -2.39. The lowest BCUT2D eigenvalue weighted by Crippen LogP contribution is -2.30. The number of carbonyl (C=O) groups is 2. The average Bonchev–Trinajstić information content (AvgIpc) is 2.82. The maximum atomic E-state index is 12.7. The molecule has 0 radical (unpaired) electrons. The zero-order valence-electron chi connectivity index (χ0n) is 11.6.